The number of benzene rings is 1. The second kappa shape index (κ2) is 6.50. The molecule has 21 heavy (non-hydrogen) atoms. The van der Waals surface area contributed by atoms with E-state index in [4.69, 9.17) is 0 Å². The van der Waals surface area contributed by atoms with Crippen LogP contribution in [0.4, 0.5) is 5.69 Å². The van der Waals surface area contributed by atoms with Crippen LogP contribution in [0.5, 0.6) is 0 Å². The molecule has 1 heterocycles. The highest BCUT2D eigenvalue weighted by atomic mass is 16.3. The number of carbonyl (C=O) groups is 1. The zero-order chi connectivity index (χ0) is 15.3. The lowest BCUT2D eigenvalue weighted by Gasteiger charge is -2.22. The van der Waals surface area contributed by atoms with Gasteiger partial charge in [0.25, 0.3) is 5.91 Å². The van der Waals surface area contributed by atoms with Crippen molar-refractivity contribution < 1.29 is 9.90 Å². The molecule has 0 aliphatic carbocycles. The molecule has 1 aromatic carbocycles. The van der Waals surface area contributed by atoms with E-state index in [0.29, 0.717) is 18.5 Å². The number of anilines is 1. The molecule has 110 valence electrons. The van der Waals surface area contributed by atoms with Gasteiger partial charge in [-0.15, -0.1) is 0 Å². The first kappa shape index (κ1) is 15.2. The Labute approximate surface area is 124 Å². The monoisotopic (exact) mass is 284 g/mol. The largest absolute Gasteiger partial charge is 0.380 e. The number of nitrogens with zero attached hydrogens (tertiary/aromatic N) is 1. The lowest BCUT2D eigenvalue weighted by molar-refractivity contribution is -0.132. The van der Waals surface area contributed by atoms with Crippen molar-refractivity contribution in [2.45, 2.75) is 32.3 Å². The van der Waals surface area contributed by atoms with Gasteiger partial charge in [-0.05, 0) is 56.5 Å². The molecular formula is C17H20N2O2. The molecule has 0 fully saturated rings. The average molecular weight is 284 g/mol. The Morgan fingerprint density at radius 1 is 1.19 bits per heavy atom. The first-order valence-corrected chi connectivity index (χ1v) is 6.97. The van der Waals surface area contributed by atoms with Crippen molar-refractivity contribution in [1.82, 2.24) is 4.98 Å². The van der Waals surface area contributed by atoms with E-state index in [1.807, 2.05) is 43.3 Å². The minimum absolute atomic E-state index is 0.356. The summed E-state index contributed by atoms with van der Waals surface area (Å²) in [6.45, 7) is 3.52. The van der Waals surface area contributed by atoms with Crippen molar-refractivity contribution in [2.24, 2.45) is 0 Å². The highest BCUT2D eigenvalue weighted by Gasteiger charge is 2.29. The molecule has 0 aliphatic rings. The van der Waals surface area contributed by atoms with Crippen LogP contribution in [-0.4, -0.2) is 21.6 Å². The highest BCUT2D eigenvalue weighted by molar-refractivity contribution is 5.96. The topological polar surface area (TPSA) is 62.2 Å². The highest BCUT2D eigenvalue weighted by Crippen LogP contribution is 2.17. The van der Waals surface area contributed by atoms with Crippen LogP contribution in [-0.2, 0) is 11.2 Å². The van der Waals surface area contributed by atoms with Crippen molar-refractivity contribution >= 4 is 11.6 Å². The summed E-state index contributed by atoms with van der Waals surface area (Å²) in [5.41, 5.74) is 1.45. The van der Waals surface area contributed by atoms with E-state index in [1.165, 1.54) is 6.92 Å². The zero-order valence-corrected chi connectivity index (χ0v) is 12.3. The summed E-state index contributed by atoms with van der Waals surface area (Å²) in [5, 5.41) is 13.1. The normalized spacial score (nSPS) is 13.5. The number of hydrogen-bond donors (Lipinski definition) is 2. The first-order valence-electron chi connectivity index (χ1n) is 6.97. The molecule has 1 unspecified atom stereocenters. The Hall–Kier alpha value is -2.20. The van der Waals surface area contributed by atoms with Gasteiger partial charge in [0.1, 0.15) is 5.60 Å². The van der Waals surface area contributed by atoms with Crippen LogP contribution in [0.3, 0.4) is 0 Å². The number of aromatic nitrogens is 1. The molecule has 0 saturated carbocycles. The molecule has 4 nitrogen and oxygen atoms in total. The van der Waals surface area contributed by atoms with Gasteiger partial charge in [-0.1, -0.05) is 17.7 Å². The molecule has 1 atom stereocenters. The molecule has 0 radical (unpaired) electrons. The van der Waals surface area contributed by atoms with Gasteiger partial charge < -0.3 is 10.4 Å². The third kappa shape index (κ3) is 4.39. The van der Waals surface area contributed by atoms with Gasteiger partial charge in [-0.3, -0.25) is 9.78 Å². The van der Waals surface area contributed by atoms with Gasteiger partial charge in [-0.25, -0.2) is 0 Å². The number of amides is 1. The van der Waals surface area contributed by atoms with Crippen LogP contribution in [0, 0.1) is 6.92 Å². The quantitative estimate of drug-likeness (QED) is 0.887. The Balaban J connectivity index is 1.95. The molecule has 2 N–H and O–H groups in total. The van der Waals surface area contributed by atoms with Crippen molar-refractivity contribution in [3.63, 3.8) is 0 Å². The second-order valence-electron chi connectivity index (χ2n) is 5.45. The number of pyridine rings is 1. The maximum absolute atomic E-state index is 12.2. The summed E-state index contributed by atoms with van der Waals surface area (Å²) in [7, 11) is 0. The second-order valence-corrected chi connectivity index (χ2v) is 5.45. The minimum atomic E-state index is -1.41. The molecule has 1 aromatic heterocycles. The maximum Gasteiger partial charge on any atom is 0.256 e. The van der Waals surface area contributed by atoms with Crippen molar-refractivity contribution in [3.8, 4) is 0 Å². The van der Waals surface area contributed by atoms with Crippen LogP contribution >= 0.6 is 0 Å². The van der Waals surface area contributed by atoms with Gasteiger partial charge in [0.2, 0.25) is 0 Å². The number of aryl methyl sites for hydroxylation is 2. The van der Waals surface area contributed by atoms with Gasteiger partial charge in [0.15, 0.2) is 0 Å². The van der Waals surface area contributed by atoms with Gasteiger partial charge in [0, 0.05) is 18.1 Å². The van der Waals surface area contributed by atoms with E-state index in [0.717, 1.165) is 11.1 Å². The fraction of sp³-hybridized carbons (Fsp3) is 0.294. The van der Waals surface area contributed by atoms with E-state index in [9.17, 15) is 9.90 Å². The summed E-state index contributed by atoms with van der Waals surface area (Å²) in [6, 6.07) is 11.3. The predicted molar refractivity (Wildman–Crippen MR) is 83.0 cm³/mol. The lowest BCUT2D eigenvalue weighted by atomic mass is 9.96. The molecular weight excluding hydrogens is 264 g/mol. The van der Waals surface area contributed by atoms with E-state index in [1.54, 1.807) is 12.4 Å². The predicted octanol–water partition coefficient (Wildman–Crippen LogP) is 2.71. The fourth-order valence-electron chi connectivity index (χ4n) is 1.95. The van der Waals surface area contributed by atoms with Crippen LogP contribution < -0.4 is 5.32 Å². The van der Waals surface area contributed by atoms with Gasteiger partial charge in [0.05, 0.1) is 0 Å². The fourth-order valence-corrected chi connectivity index (χ4v) is 1.95. The third-order valence-corrected chi connectivity index (χ3v) is 3.45. The van der Waals surface area contributed by atoms with Crippen molar-refractivity contribution in [2.75, 3.05) is 5.32 Å². The molecule has 4 heteroatoms. The Bertz CT molecular complexity index is 592. The maximum atomic E-state index is 12.2. The summed E-state index contributed by atoms with van der Waals surface area (Å²) in [6.07, 6.45) is 4.39. The minimum Gasteiger partial charge on any atom is -0.380 e. The lowest BCUT2D eigenvalue weighted by Crippen LogP contribution is -2.40. The standard InChI is InChI=1S/C17H20N2O2/c1-13-3-5-15(6-4-13)19-16(20)17(2,21)10-7-14-8-11-18-12-9-14/h3-6,8-9,11-12,21H,7,10H2,1-2H3,(H,19,20). The van der Waals surface area contributed by atoms with Crippen LogP contribution in [0.25, 0.3) is 0 Å². The Morgan fingerprint density at radius 2 is 1.81 bits per heavy atom. The Kier molecular flexibility index (Phi) is 4.70. The molecule has 2 rings (SSSR count). The van der Waals surface area contributed by atoms with Crippen LogP contribution in [0.15, 0.2) is 48.8 Å². The van der Waals surface area contributed by atoms with Crippen molar-refractivity contribution in [1.29, 1.82) is 0 Å². The number of aliphatic hydroxyl groups is 1. The Morgan fingerprint density at radius 3 is 2.43 bits per heavy atom. The SMILES string of the molecule is Cc1ccc(NC(=O)C(C)(O)CCc2ccncc2)cc1. The van der Waals surface area contributed by atoms with E-state index < -0.39 is 5.60 Å². The first-order chi connectivity index (χ1) is 9.97. The summed E-state index contributed by atoms with van der Waals surface area (Å²) >= 11 is 0. The van der Waals surface area contributed by atoms with Crippen LogP contribution in [0.2, 0.25) is 0 Å². The molecule has 0 aliphatic heterocycles. The van der Waals surface area contributed by atoms with E-state index in [-0.39, 0.29) is 5.91 Å². The van der Waals surface area contributed by atoms with Gasteiger partial charge >= 0.3 is 0 Å². The summed E-state index contributed by atoms with van der Waals surface area (Å²) in [5.74, 6) is -0.389. The molecule has 0 spiro atoms. The van der Waals surface area contributed by atoms with Gasteiger partial charge in [-0.2, -0.15) is 0 Å². The molecule has 1 amide bonds. The third-order valence-electron chi connectivity index (χ3n) is 3.45. The van der Waals surface area contributed by atoms with E-state index >= 15 is 0 Å². The molecule has 0 saturated heterocycles. The summed E-state index contributed by atoms with van der Waals surface area (Å²) in [4.78, 5) is 16.1. The number of rotatable bonds is 5. The summed E-state index contributed by atoms with van der Waals surface area (Å²) < 4.78 is 0. The van der Waals surface area contributed by atoms with Crippen LogP contribution in [0.1, 0.15) is 24.5 Å². The zero-order valence-electron chi connectivity index (χ0n) is 12.3. The molecule has 0 bridgehead atoms. The van der Waals surface area contributed by atoms with E-state index in [2.05, 4.69) is 10.3 Å². The smallest absolute Gasteiger partial charge is 0.256 e. The average Bonchev–Trinajstić information content (AvgIpc) is 2.48. The number of carbonyl (C=O) groups excluding carboxylic acids is 1. The van der Waals surface area contributed by atoms with Crippen molar-refractivity contribution in [3.05, 3.63) is 59.9 Å². The molecule has 2 aromatic rings. The number of nitrogens with one attached hydrogen (secondary N) is 1. The number of hydrogen-bond acceptors (Lipinski definition) is 3.